The highest BCUT2D eigenvalue weighted by molar-refractivity contribution is 8.43. The molecule has 84 valence electrons. The van der Waals surface area contributed by atoms with Gasteiger partial charge in [-0.05, 0) is 37.7 Å². The maximum atomic E-state index is 6.24. The van der Waals surface area contributed by atoms with Crippen molar-refractivity contribution in [2.75, 3.05) is 37.8 Å². The van der Waals surface area contributed by atoms with Crippen LogP contribution in [0.4, 0.5) is 0 Å². The SMILES string of the molecule is CCCCN(S(C)(C)C)S(C)(C)N. The summed E-state index contributed by atoms with van der Waals surface area (Å²) in [5.74, 6) is 0. The Labute approximate surface area is 87.3 Å². The number of nitrogens with zero attached hydrogens (tertiary/aromatic N) is 1. The van der Waals surface area contributed by atoms with Crippen LogP contribution in [0.5, 0.6) is 0 Å². The second kappa shape index (κ2) is 4.91. The molecule has 2 N–H and O–H groups in total. The van der Waals surface area contributed by atoms with Crippen LogP contribution < -0.4 is 5.14 Å². The van der Waals surface area contributed by atoms with Crippen LogP contribution in [0.25, 0.3) is 0 Å². The number of hydrogen-bond acceptors (Lipinski definition) is 2. The maximum Gasteiger partial charge on any atom is 0.0181 e. The molecule has 0 saturated heterocycles. The number of nitrogens with two attached hydrogens (primary N) is 1. The van der Waals surface area contributed by atoms with E-state index < -0.39 is 20.6 Å². The van der Waals surface area contributed by atoms with Crippen LogP contribution in [0.2, 0.25) is 0 Å². The quantitative estimate of drug-likeness (QED) is 0.780. The first-order valence-corrected chi connectivity index (χ1v) is 9.95. The molecule has 0 spiro atoms. The summed E-state index contributed by atoms with van der Waals surface area (Å²) in [5, 5.41) is 6.24. The lowest BCUT2D eigenvalue weighted by Crippen LogP contribution is -2.34. The normalized spacial score (nSPS) is 16.3. The minimum atomic E-state index is -1.02. The van der Waals surface area contributed by atoms with Crippen molar-refractivity contribution >= 4 is 20.6 Å². The summed E-state index contributed by atoms with van der Waals surface area (Å²) < 4.78 is 2.53. The summed E-state index contributed by atoms with van der Waals surface area (Å²) in [6.45, 7) is 3.39. The van der Waals surface area contributed by atoms with Crippen molar-refractivity contribution in [3.63, 3.8) is 0 Å². The zero-order chi connectivity index (χ0) is 10.7. The fourth-order valence-electron chi connectivity index (χ4n) is 1.37. The summed E-state index contributed by atoms with van der Waals surface area (Å²) in [4.78, 5) is 0. The van der Waals surface area contributed by atoms with Crippen molar-refractivity contribution in [1.82, 2.24) is 3.71 Å². The minimum Gasteiger partial charge on any atom is -0.283 e. The van der Waals surface area contributed by atoms with E-state index in [4.69, 9.17) is 5.14 Å². The van der Waals surface area contributed by atoms with Crippen molar-refractivity contribution in [2.24, 2.45) is 5.14 Å². The molecule has 0 heterocycles. The van der Waals surface area contributed by atoms with Crippen molar-refractivity contribution < 1.29 is 0 Å². The molecule has 0 aliphatic heterocycles. The zero-order valence-electron chi connectivity index (χ0n) is 9.96. The number of rotatable bonds is 5. The molecule has 2 nitrogen and oxygen atoms in total. The van der Waals surface area contributed by atoms with Crippen molar-refractivity contribution in [1.29, 1.82) is 0 Å². The van der Waals surface area contributed by atoms with Crippen LogP contribution in [0.1, 0.15) is 19.8 Å². The van der Waals surface area contributed by atoms with Gasteiger partial charge in [-0.3, -0.25) is 5.14 Å². The third-order valence-corrected chi connectivity index (χ3v) is 6.96. The van der Waals surface area contributed by atoms with Gasteiger partial charge in [-0.2, -0.15) is 10.2 Å². The van der Waals surface area contributed by atoms with E-state index in [0.717, 1.165) is 6.54 Å². The first kappa shape index (κ1) is 13.6. The fourth-order valence-corrected chi connectivity index (χ4v) is 7.26. The van der Waals surface area contributed by atoms with Gasteiger partial charge in [0.25, 0.3) is 0 Å². The average molecular weight is 226 g/mol. The predicted molar refractivity (Wildman–Crippen MR) is 70.6 cm³/mol. The van der Waals surface area contributed by atoms with Crippen LogP contribution in [0.15, 0.2) is 0 Å². The second-order valence-electron chi connectivity index (χ2n) is 4.53. The highest BCUT2D eigenvalue weighted by atomic mass is 32.3. The third-order valence-electron chi connectivity index (χ3n) is 1.83. The average Bonchev–Trinajstić information content (AvgIpc) is 1.81. The van der Waals surface area contributed by atoms with Crippen molar-refractivity contribution in [3.8, 4) is 0 Å². The van der Waals surface area contributed by atoms with Gasteiger partial charge in [-0.1, -0.05) is 13.3 Å². The van der Waals surface area contributed by atoms with Crippen molar-refractivity contribution in [3.05, 3.63) is 0 Å². The van der Waals surface area contributed by atoms with Gasteiger partial charge >= 0.3 is 0 Å². The molecule has 0 rings (SSSR count). The summed E-state index contributed by atoms with van der Waals surface area (Å²) in [5.41, 5.74) is 0. The minimum absolute atomic E-state index is 0.649. The first-order valence-electron chi connectivity index (χ1n) is 4.67. The Balaban J connectivity index is 4.39. The van der Waals surface area contributed by atoms with Crippen LogP contribution in [-0.4, -0.2) is 41.5 Å². The lowest BCUT2D eigenvalue weighted by atomic mass is 10.3. The lowest BCUT2D eigenvalue weighted by Gasteiger charge is -2.50. The van der Waals surface area contributed by atoms with Crippen molar-refractivity contribution in [2.45, 2.75) is 19.8 Å². The highest BCUT2D eigenvalue weighted by Crippen LogP contribution is 2.54. The first-order chi connectivity index (χ1) is 5.69. The highest BCUT2D eigenvalue weighted by Gasteiger charge is 2.24. The van der Waals surface area contributed by atoms with E-state index in [1.165, 1.54) is 12.8 Å². The van der Waals surface area contributed by atoms with Crippen LogP contribution in [0, 0.1) is 0 Å². The van der Waals surface area contributed by atoms with Gasteiger partial charge in [0.15, 0.2) is 0 Å². The van der Waals surface area contributed by atoms with E-state index in [1.54, 1.807) is 0 Å². The van der Waals surface area contributed by atoms with E-state index in [9.17, 15) is 0 Å². The zero-order valence-corrected chi connectivity index (χ0v) is 11.6. The molecule has 0 atom stereocenters. The van der Waals surface area contributed by atoms with E-state index >= 15 is 0 Å². The van der Waals surface area contributed by atoms with Crippen LogP contribution in [-0.2, 0) is 0 Å². The Bertz CT molecular complexity index is 133. The van der Waals surface area contributed by atoms with Gasteiger partial charge < -0.3 is 0 Å². The summed E-state index contributed by atoms with van der Waals surface area (Å²) in [6, 6.07) is 0. The lowest BCUT2D eigenvalue weighted by molar-refractivity contribution is 0.644. The molecule has 0 aliphatic rings. The van der Waals surface area contributed by atoms with E-state index in [2.05, 4.69) is 41.9 Å². The molecular formula is C9H26N2S2. The Morgan fingerprint density at radius 2 is 1.54 bits per heavy atom. The molecule has 0 unspecified atom stereocenters. The predicted octanol–water partition coefficient (Wildman–Crippen LogP) is 2.55. The molecule has 4 heteroatoms. The van der Waals surface area contributed by atoms with Gasteiger partial charge in [0.05, 0.1) is 0 Å². The maximum absolute atomic E-state index is 6.24. The summed E-state index contributed by atoms with van der Waals surface area (Å²) in [6.07, 6.45) is 13.8. The molecule has 0 bridgehead atoms. The van der Waals surface area contributed by atoms with E-state index in [1.807, 2.05) is 0 Å². The molecule has 0 saturated carbocycles. The molecule has 13 heavy (non-hydrogen) atoms. The van der Waals surface area contributed by atoms with Crippen LogP contribution in [0.3, 0.4) is 0 Å². The molecule has 0 aromatic carbocycles. The van der Waals surface area contributed by atoms with E-state index in [0.29, 0.717) is 0 Å². The molecule has 0 aromatic heterocycles. The largest absolute Gasteiger partial charge is 0.283 e. The van der Waals surface area contributed by atoms with E-state index in [-0.39, 0.29) is 0 Å². The molecule has 0 amide bonds. The van der Waals surface area contributed by atoms with Gasteiger partial charge in [0.2, 0.25) is 0 Å². The Hall–Kier alpha value is 0.620. The molecule has 0 fully saturated rings. The topological polar surface area (TPSA) is 29.3 Å². The number of unbranched alkanes of at least 4 members (excludes halogenated alkanes) is 1. The second-order valence-corrected chi connectivity index (χ2v) is 11.9. The van der Waals surface area contributed by atoms with Gasteiger partial charge in [-0.15, -0.1) is 10.4 Å². The molecule has 0 aliphatic carbocycles. The van der Waals surface area contributed by atoms with Gasteiger partial charge in [-0.25, -0.2) is 3.71 Å². The molecule has 0 aromatic rings. The smallest absolute Gasteiger partial charge is 0.0181 e. The van der Waals surface area contributed by atoms with Gasteiger partial charge in [0, 0.05) is 6.54 Å². The Kier molecular flexibility index (Phi) is 5.15. The Morgan fingerprint density at radius 3 is 1.77 bits per heavy atom. The fraction of sp³-hybridized carbons (Fsp3) is 1.00. The summed E-state index contributed by atoms with van der Waals surface area (Å²) in [7, 11) is -1.67. The number of hydrogen-bond donors (Lipinski definition) is 1. The van der Waals surface area contributed by atoms with Gasteiger partial charge in [0.1, 0.15) is 0 Å². The van der Waals surface area contributed by atoms with Crippen LogP contribution >= 0.6 is 20.6 Å². The standard InChI is InChI=1S/C9H26N2S2/c1-7-8-9-11(12(2,3)4)13(5,6)10/h7-10H2,1-6H3. The third kappa shape index (κ3) is 5.15. The Morgan fingerprint density at radius 1 is 1.08 bits per heavy atom. The molecular weight excluding hydrogens is 200 g/mol. The molecule has 0 radical (unpaired) electrons. The summed E-state index contributed by atoms with van der Waals surface area (Å²) >= 11 is 0. The monoisotopic (exact) mass is 226 g/mol.